The first-order chi connectivity index (χ1) is 8.13. The van der Waals surface area contributed by atoms with Crippen LogP contribution in [0.5, 0.6) is 0 Å². The number of fused-ring (bicyclic) bond motifs is 1. The van der Waals surface area contributed by atoms with E-state index >= 15 is 0 Å². The molecule has 0 aliphatic heterocycles. The summed E-state index contributed by atoms with van der Waals surface area (Å²) >= 11 is 5.20. The maximum absolute atomic E-state index is 11.4. The van der Waals surface area contributed by atoms with E-state index in [4.69, 9.17) is 17.0 Å². The number of aromatic nitrogens is 4. The minimum Gasteiger partial charge on any atom is -0.465 e. The molecule has 0 saturated heterocycles. The minimum atomic E-state index is -0.312. The number of aryl methyl sites for hydroxylation is 1. The van der Waals surface area contributed by atoms with E-state index in [1.54, 1.807) is 35.8 Å². The lowest BCUT2D eigenvalue weighted by Gasteiger charge is -2.03. The first kappa shape index (κ1) is 11.7. The molecule has 0 spiro atoms. The van der Waals surface area contributed by atoms with Gasteiger partial charge in [-0.05, 0) is 6.92 Å². The van der Waals surface area contributed by atoms with Gasteiger partial charge in [-0.2, -0.15) is 0 Å². The summed E-state index contributed by atoms with van der Waals surface area (Å²) < 4.78 is 8.80. The smallest absolute Gasteiger partial charge is 0.326 e. The summed E-state index contributed by atoms with van der Waals surface area (Å²) in [6, 6.07) is 0. The van der Waals surface area contributed by atoms with Crippen LogP contribution in [0.25, 0.3) is 11.2 Å². The second kappa shape index (κ2) is 4.62. The van der Waals surface area contributed by atoms with E-state index < -0.39 is 0 Å². The summed E-state index contributed by atoms with van der Waals surface area (Å²) in [6.45, 7) is 2.23. The highest BCUT2D eigenvalue weighted by atomic mass is 32.1. The summed E-state index contributed by atoms with van der Waals surface area (Å²) in [4.78, 5) is 19.7. The van der Waals surface area contributed by atoms with Crippen LogP contribution in [-0.2, 0) is 23.1 Å². The molecule has 2 heterocycles. The second-order valence-corrected chi connectivity index (χ2v) is 3.90. The average Bonchev–Trinajstić information content (AvgIpc) is 2.68. The van der Waals surface area contributed by atoms with Crippen LogP contribution in [0, 0.1) is 4.64 Å². The van der Waals surface area contributed by atoms with E-state index in [9.17, 15) is 4.79 Å². The Bertz CT molecular complexity index is 616. The molecule has 2 aromatic rings. The number of imidazole rings is 1. The van der Waals surface area contributed by atoms with Gasteiger partial charge in [0.25, 0.3) is 0 Å². The number of carbonyl (C=O) groups excluding carboxylic acids is 1. The average molecular weight is 252 g/mol. The van der Waals surface area contributed by atoms with Gasteiger partial charge >= 0.3 is 5.97 Å². The van der Waals surface area contributed by atoms with Crippen LogP contribution in [0.4, 0.5) is 0 Å². The Morgan fingerprint density at radius 2 is 2.24 bits per heavy atom. The van der Waals surface area contributed by atoms with E-state index in [-0.39, 0.29) is 12.5 Å². The predicted octanol–water partition coefficient (Wildman–Crippen LogP) is 1.06. The second-order valence-electron chi connectivity index (χ2n) is 3.51. The van der Waals surface area contributed by atoms with Crippen molar-refractivity contribution in [2.75, 3.05) is 6.61 Å². The first-order valence-electron chi connectivity index (χ1n) is 5.15. The van der Waals surface area contributed by atoms with Gasteiger partial charge in [-0.1, -0.05) is 12.2 Å². The van der Waals surface area contributed by atoms with Gasteiger partial charge in [-0.3, -0.25) is 4.79 Å². The van der Waals surface area contributed by atoms with Crippen LogP contribution in [0.1, 0.15) is 6.92 Å². The number of hydrogen-bond donors (Lipinski definition) is 0. The highest BCUT2D eigenvalue weighted by Gasteiger charge is 2.10. The van der Waals surface area contributed by atoms with Gasteiger partial charge in [0.2, 0.25) is 0 Å². The maximum atomic E-state index is 11.4. The Hall–Kier alpha value is -1.76. The first-order valence-corrected chi connectivity index (χ1v) is 5.56. The van der Waals surface area contributed by atoms with Gasteiger partial charge in [0.15, 0.2) is 5.65 Å². The largest absolute Gasteiger partial charge is 0.465 e. The van der Waals surface area contributed by atoms with Crippen LogP contribution in [-0.4, -0.2) is 31.7 Å². The van der Waals surface area contributed by atoms with Crippen LogP contribution < -0.4 is 0 Å². The zero-order chi connectivity index (χ0) is 12.4. The summed E-state index contributed by atoms with van der Waals surface area (Å²) in [5.74, 6) is -0.312. The van der Waals surface area contributed by atoms with Gasteiger partial charge in [0.05, 0.1) is 19.3 Å². The zero-order valence-electron chi connectivity index (χ0n) is 9.58. The molecule has 0 fully saturated rings. The molecule has 0 amide bonds. The van der Waals surface area contributed by atoms with E-state index in [2.05, 4.69) is 9.97 Å². The SMILES string of the molecule is CCOC(=O)Cn1cnc2c(=S)n(C)cnc21. The molecule has 0 atom stereocenters. The molecule has 0 radical (unpaired) electrons. The Labute approximate surface area is 103 Å². The minimum absolute atomic E-state index is 0.0971. The van der Waals surface area contributed by atoms with Crippen molar-refractivity contribution in [3.05, 3.63) is 17.3 Å². The molecule has 0 saturated carbocycles. The molecule has 0 bridgehead atoms. The number of rotatable bonds is 3. The van der Waals surface area contributed by atoms with E-state index in [0.717, 1.165) is 0 Å². The van der Waals surface area contributed by atoms with Gasteiger partial charge in [-0.15, -0.1) is 0 Å². The lowest BCUT2D eigenvalue weighted by molar-refractivity contribution is -0.143. The van der Waals surface area contributed by atoms with Gasteiger partial charge in [0.1, 0.15) is 16.7 Å². The quantitative estimate of drug-likeness (QED) is 0.604. The number of nitrogens with zero attached hydrogens (tertiary/aromatic N) is 4. The van der Waals surface area contributed by atoms with Crippen molar-refractivity contribution in [2.45, 2.75) is 13.5 Å². The fourth-order valence-electron chi connectivity index (χ4n) is 1.48. The molecule has 90 valence electrons. The third kappa shape index (κ3) is 2.19. The molecule has 2 aromatic heterocycles. The Morgan fingerprint density at radius 3 is 2.94 bits per heavy atom. The zero-order valence-corrected chi connectivity index (χ0v) is 10.4. The number of hydrogen-bond acceptors (Lipinski definition) is 5. The standard InChI is InChI=1S/C10H12N4O2S/c1-3-16-7(15)4-14-6-11-8-9(14)12-5-13(2)10(8)17/h5-6H,3-4H2,1-2H3. The molecular weight excluding hydrogens is 240 g/mol. The van der Waals surface area contributed by atoms with Crippen molar-refractivity contribution in [1.82, 2.24) is 19.1 Å². The van der Waals surface area contributed by atoms with Crippen LogP contribution in [0.15, 0.2) is 12.7 Å². The summed E-state index contributed by atoms with van der Waals surface area (Å²) in [5.41, 5.74) is 1.22. The third-order valence-electron chi connectivity index (χ3n) is 2.29. The lowest BCUT2D eigenvalue weighted by Crippen LogP contribution is -2.13. The van der Waals surface area contributed by atoms with E-state index in [1.165, 1.54) is 0 Å². The fraction of sp³-hybridized carbons (Fsp3) is 0.400. The molecule has 0 aliphatic rings. The molecular formula is C10H12N4O2S. The molecule has 6 nitrogen and oxygen atoms in total. The van der Waals surface area contributed by atoms with Crippen molar-refractivity contribution in [3.8, 4) is 0 Å². The molecule has 2 rings (SSSR count). The van der Waals surface area contributed by atoms with E-state index in [0.29, 0.717) is 22.4 Å². The number of carbonyl (C=O) groups is 1. The predicted molar refractivity (Wildman–Crippen MR) is 64.0 cm³/mol. The Kier molecular flexibility index (Phi) is 3.19. The van der Waals surface area contributed by atoms with Crippen LogP contribution >= 0.6 is 12.2 Å². The highest BCUT2D eigenvalue weighted by molar-refractivity contribution is 7.71. The Balaban J connectivity index is 2.41. The third-order valence-corrected chi connectivity index (χ3v) is 2.77. The van der Waals surface area contributed by atoms with Crippen molar-refractivity contribution in [1.29, 1.82) is 0 Å². The summed E-state index contributed by atoms with van der Waals surface area (Å²) in [6.07, 6.45) is 3.15. The normalized spacial score (nSPS) is 10.7. The van der Waals surface area contributed by atoms with Crippen LogP contribution in [0.2, 0.25) is 0 Å². The number of ether oxygens (including phenoxy) is 1. The van der Waals surface area contributed by atoms with Gasteiger partial charge in [0, 0.05) is 7.05 Å². The van der Waals surface area contributed by atoms with Crippen molar-refractivity contribution in [2.24, 2.45) is 7.05 Å². The molecule has 0 unspecified atom stereocenters. The maximum Gasteiger partial charge on any atom is 0.326 e. The lowest BCUT2D eigenvalue weighted by atomic mass is 10.5. The van der Waals surface area contributed by atoms with Crippen LogP contribution in [0.3, 0.4) is 0 Å². The summed E-state index contributed by atoms with van der Waals surface area (Å²) in [5, 5.41) is 0. The fourth-order valence-corrected chi connectivity index (χ4v) is 1.68. The highest BCUT2D eigenvalue weighted by Crippen LogP contribution is 2.10. The summed E-state index contributed by atoms with van der Waals surface area (Å²) in [7, 11) is 1.80. The molecule has 17 heavy (non-hydrogen) atoms. The Morgan fingerprint density at radius 1 is 1.47 bits per heavy atom. The molecule has 0 N–H and O–H groups in total. The monoisotopic (exact) mass is 252 g/mol. The van der Waals surface area contributed by atoms with Crippen molar-refractivity contribution >= 4 is 29.4 Å². The van der Waals surface area contributed by atoms with Gasteiger partial charge < -0.3 is 13.9 Å². The van der Waals surface area contributed by atoms with Gasteiger partial charge in [-0.25, -0.2) is 9.97 Å². The van der Waals surface area contributed by atoms with E-state index in [1.807, 2.05) is 0 Å². The topological polar surface area (TPSA) is 61.9 Å². The molecule has 7 heteroatoms. The van der Waals surface area contributed by atoms with Crippen molar-refractivity contribution < 1.29 is 9.53 Å². The molecule has 0 aliphatic carbocycles. The molecule has 0 aromatic carbocycles. The number of esters is 1. The van der Waals surface area contributed by atoms with Crippen molar-refractivity contribution in [3.63, 3.8) is 0 Å².